The summed E-state index contributed by atoms with van der Waals surface area (Å²) in [4.78, 5) is 29.6. The Kier molecular flexibility index (Phi) is 5.30. The van der Waals surface area contributed by atoms with Gasteiger partial charge < -0.3 is 25.4 Å². The van der Waals surface area contributed by atoms with Gasteiger partial charge in [-0.1, -0.05) is 30.7 Å². The molecule has 4 rings (SSSR count). The highest BCUT2D eigenvalue weighted by Crippen LogP contribution is 2.40. The molecule has 3 aromatic rings. The lowest BCUT2D eigenvalue weighted by atomic mass is 9.91. The van der Waals surface area contributed by atoms with Crippen LogP contribution in [0.4, 0.5) is 4.79 Å². The lowest BCUT2D eigenvalue weighted by molar-refractivity contribution is -0.135. The number of rotatable bonds is 4. The van der Waals surface area contributed by atoms with Gasteiger partial charge in [-0.15, -0.1) is 0 Å². The van der Waals surface area contributed by atoms with Crippen molar-refractivity contribution in [3.63, 3.8) is 0 Å². The highest BCUT2D eigenvalue weighted by Gasteiger charge is 2.37. The number of nitrogens with one attached hydrogen (secondary N) is 2. The Labute approximate surface area is 178 Å². The van der Waals surface area contributed by atoms with Gasteiger partial charge in [-0.25, -0.2) is 4.79 Å². The maximum Gasteiger partial charge on any atom is 0.405 e. The summed E-state index contributed by atoms with van der Waals surface area (Å²) in [6, 6.07) is 11.1. The minimum absolute atomic E-state index is 0.0990. The van der Waals surface area contributed by atoms with E-state index in [9.17, 15) is 14.7 Å². The number of nitrogens with zero attached hydrogens (tertiary/aromatic N) is 1. The molecule has 156 valence electrons. The number of aromatic nitrogens is 1. The number of aromatic amines is 1. The number of amides is 2. The Morgan fingerprint density at radius 1 is 1.30 bits per heavy atom. The largest absolute Gasteiger partial charge is 0.508 e. The smallest absolute Gasteiger partial charge is 0.405 e. The van der Waals surface area contributed by atoms with E-state index in [1.54, 1.807) is 30.0 Å². The minimum atomic E-state index is -1.23. The van der Waals surface area contributed by atoms with Crippen LogP contribution in [0, 0.1) is 0 Å². The standard InChI is InChI=1S/C22H22ClN3O4/c1-2-17(25-22(29)30)21(28)26-9-8-15-16-11-13(23)6-7-18(16)24-19(15)20(26)12-4-3-5-14(27)10-12/h3-7,10-11,17,20,24-25,27H,2,8-9H2,1H3,(H,29,30). The Balaban J connectivity index is 1.84. The number of hydrogen-bond donors (Lipinski definition) is 4. The average Bonchev–Trinajstić information content (AvgIpc) is 3.08. The minimum Gasteiger partial charge on any atom is -0.508 e. The fourth-order valence-corrected chi connectivity index (χ4v) is 4.40. The van der Waals surface area contributed by atoms with Crippen molar-refractivity contribution in [2.45, 2.75) is 31.8 Å². The molecule has 0 saturated heterocycles. The predicted octanol–water partition coefficient (Wildman–Crippen LogP) is 4.05. The van der Waals surface area contributed by atoms with Gasteiger partial charge in [0.25, 0.3) is 0 Å². The number of phenolic OH excluding ortho intramolecular Hbond substituents is 1. The van der Waals surface area contributed by atoms with Crippen molar-refractivity contribution >= 4 is 34.5 Å². The number of hydrogen-bond acceptors (Lipinski definition) is 3. The number of carbonyl (C=O) groups excluding carboxylic acids is 1. The lowest BCUT2D eigenvalue weighted by Gasteiger charge is -2.38. The number of phenols is 1. The van der Waals surface area contributed by atoms with E-state index in [0.29, 0.717) is 24.4 Å². The van der Waals surface area contributed by atoms with Crippen LogP contribution in [0.3, 0.4) is 0 Å². The molecule has 8 heteroatoms. The molecule has 0 aliphatic carbocycles. The van der Waals surface area contributed by atoms with E-state index in [1.165, 1.54) is 0 Å². The third kappa shape index (κ3) is 3.57. The van der Waals surface area contributed by atoms with Crippen molar-refractivity contribution in [3.8, 4) is 5.75 Å². The summed E-state index contributed by atoms with van der Waals surface area (Å²) in [6.07, 6.45) is -0.286. The van der Waals surface area contributed by atoms with Crippen LogP contribution in [-0.4, -0.2) is 44.7 Å². The quantitative estimate of drug-likeness (QED) is 0.504. The van der Waals surface area contributed by atoms with Gasteiger partial charge in [-0.2, -0.15) is 0 Å². The zero-order chi connectivity index (χ0) is 21.4. The predicted molar refractivity (Wildman–Crippen MR) is 114 cm³/mol. The molecule has 1 aromatic heterocycles. The highest BCUT2D eigenvalue weighted by molar-refractivity contribution is 6.31. The maximum absolute atomic E-state index is 13.3. The Hall–Kier alpha value is -3.19. The number of carbonyl (C=O) groups is 2. The van der Waals surface area contributed by atoms with Gasteiger partial charge in [0.1, 0.15) is 11.8 Å². The fourth-order valence-electron chi connectivity index (χ4n) is 4.23. The van der Waals surface area contributed by atoms with E-state index >= 15 is 0 Å². The van der Waals surface area contributed by atoms with Gasteiger partial charge in [-0.05, 0) is 54.3 Å². The van der Waals surface area contributed by atoms with Crippen LogP contribution in [0.15, 0.2) is 42.5 Å². The van der Waals surface area contributed by atoms with Crippen LogP contribution >= 0.6 is 11.6 Å². The molecule has 0 fully saturated rings. The molecule has 2 atom stereocenters. The van der Waals surface area contributed by atoms with Gasteiger partial charge in [0.05, 0.1) is 6.04 Å². The summed E-state index contributed by atoms with van der Waals surface area (Å²) in [7, 11) is 0. The molecule has 30 heavy (non-hydrogen) atoms. The SMILES string of the molecule is CCC(NC(=O)O)C(=O)N1CCc2c([nH]c3ccc(Cl)cc23)C1c1cccc(O)c1. The zero-order valence-electron chi connectivity index (χ0n) is 16.4. The Morgan fingerprint density at radius 2 is 2.10 bits per heavy atom. The van der Waals surface area contributed by atoms with E-state index in [2.05, 4.69) is 10.3 Å². The molecule has 2 heterocycles. The number of halogens is 1. The summed E-state index contributed by atoms with van der Waals surface area (Å²) >= 11 is 6.20. The van der Waals surface area contributed by atoms with Crippen molar-refractivity contribution in [1.82, 2.24) is 15.2 Å². The van der Waals surface area contributed by atoms with Crippen LogP contribution in [0.5, 0.6) is 5.75 Å². The second kappa shape index (κ2) is 7.91. The highest BCUT2D eigenvalue weighted by atomic mass is 35.5. The molecule has 2 unspecified atom stereocenters. The Morgan fingerprint density at radius 3 is 2.80 bits per heavy atom. The zero-order valence-corrected chi connectivity index (χ0v) is 17.1. The molecule has 1 aliphatic rings. The third-order valence-electron chi connectivity index (χ3n) is 5.56. The van der Waals surface area contributed by atoms with E-state index in [0.717, 1.165) is 27.7 Å². The van der Waals surface area contributed by atoms with Gasteiger partial charge in [0.15, 0.2) is 0 Å². The lowest BCUT2D eigenvalue weighted by Crippen LogP contribution is -2.51. The normalized spacial score (nSPS) is 16.9. The molecule has 1 aliphatic heterocycles. The monoisotopic (exact) mass is 427 g/mol. The summed E-state index contributed by atoms with van der Waals surface area (Å²) in [5.74, 6) is -0.197. The van der Waals surface area contributed by atoms with Gasteiger partial charge in [-0.3, -0.25) is 4.79 Å². The molecule has 2 amide bonds. The van der Waals surface area contributed by atoms with E-state index in [4.69, 9.17) is 16.7 Å². The van der Waals surface area contributed by atoms with Crippen LogP contribution in [-0.2, 0) is 11.2 Å². The van der Waals surface area contributed by atoms with E-state index < -0.39 is 18.2 Å². The molecule has 0 radical (unpaired) electrons. The van der Waals surface area contributed by atoms with Crippen molar-refractivity contribution < 1.29 is 19.8 Å². The van der Waals surface area contributed by atoms with Crippen molar-refractivity contribution in [3.05, 3.63) is 64.3 Å². The second-order valence-corrected chi connectivity index (χ2v) is 7.83. The maximum atomic E-state index is 13.3. The summed E-state index contributed by atoms with van der Waals surface area (Å²) in [5.41, 5.74) is 3.58. The fraction of sp³-hybridized carbons (Fsp3) is 0.273. The van der Waals surface area contributed by atoms with Crippen LogP contribution in [0.25, 0.3) is 10.9 Å². The third-order valence-corrected chi connectivity index (χ3v) is 5.80. The first-order valence-corrected chi connectivity index (χ1v) is 10.2. The molecule has 0 saturated carbocycles. The molecule has 0 spiro atoms. The van der Waals surface area contributed by atoms with Crippen molar-refractivity contribution in [2.75, 3.05) is 6.54 Å². The van der Waals surface area contributed by atoms with Crippen molar-refractivity contribution in [1.29, 1.82) is 0 Å². The number of H-pyrrole nitrogens is 1. The number of carboxylic acid groups (broad SMARTS) is 1. The summed E-state index contributed by atoms with van der Waals surface area (Å²) in [5, 5.41) is 23.1. The first-order valence-electron chi connectivity index (χ1n) is 9.78. The molecular weight excluding hydrogens is 406 g/mol. The number of fused-ring (bicyclic) bond motifs is 3. The van der Waals surface area contributed by atoms with Crippen LogP contribution in [0.2, 0.25) is 5.02 Å². The van der Waals surface area contributed by atoms with Crippen LogP contribution < -0.4 is 5.32 Å². The molecule has 7 nitrogen and oxygen atoms in total. The van der Waals surface area contributed by atoms with Gasteiger partial charge >= 0.3 is 6.09 Å². The summed E-state index contributed by atoms with van der Waals surface area (Å²) < 4.78 is 0. The first-order chi connectivity index (χ1) is 14.4. The van der Waals surface area contributed by atoms with E-state index in [-0.39, 0.29) is 11.7 Å². The first kappa shape index (κ1) is 20.1. The molecule has 2 aromatic carbocycles. The average molecular weight is 428 g/mol. The Bertz CT molecular complexity index is 1130. The molecule has 4 N–H and O–H groups in total. The summed E-state index contributed by atoms with van der Waals surface area (Å²) in [6.45, 7) is 2.19. The number of benzene rings is 2. The second-order valence-electron chi connectivity index (χ2n) is 7.40. The van der Waals surface area contributed by atoms with Crippen molar-refractivity contribution in [2.24, 2.45) is 0 Å². The topological polar surface area (TPSA) is 106 Å². The molecular formula is C22H22ClN3O4. The number of aromatic hydroxyl groups is 1. The van der Waals surface area contributed by atoms with Gasteiger partial charge in [0, 0.05) is 28.2 Å². The van der Waals surface area contributed by atoms with E-state index in [1.807, 2.05) is 24.3 Å². The molecule has 0 bridgehead atoms. The van der Waals surface area contributed by atoms with Gasteiger partial charge in [0.2, 0.25) is 5.91 Å². The van der Waals surface area contributed by atoms with Crippen LogP contribution in [0.1, 0.15) is 36.2 Å².